The first-order chi connectivity index (χ1) is 14.1. The van der Waals surface area contributed by atoms with Crippen LogP contribution >= 0.6 is 0 Å². The third kappa shape index (κ3) is 5.81. The Hall–Kier alpha value is -2.86. The molecule has 2 aromatic rings. The molecule has 2 unspecified atom stereocenters. The number of benzene rings is 2. The van der Waals surface area contributed by atoms with Crippen molar-refractivity contribution in [2.75, 3.05) is 20.2 Å². The van der Waals surface area contributed by atoms with Gasteiger partial charge in [0.15, 0.2) is 5.96 Å². The Morgan fingerprint density at radius 2 is 1.86 bits per heavy atom. The number of nitrogens with zero attached hydrogens (tertiary/aromatic N) is 1. The molecule has 2 aromatic carbocycles. The van der Waals surface area contributed by atoms with Crippen molar-refractivity contribution in [2.24, 2.45) is 16.6 Å². The molecule has 4 N–H and O–H groups in total. The van der Waals surface area contributed by atoms with Crippen LogP contribution in [-0.2, 0) is 11.3 Å². The van der Waals surface area contributed by atoms with E-state index >= 15 is 0 Å². The summed E-state index contributed by atoms with van der Waals surface area (Å²) in [5.41, 5.74) is 9.34. The molecule has 1 heterocycles. The van der Waals surface area contributed by atoms with E-state index in [9.17, 15) is 4.79 Å². The van der Waals surface area contributed by atoms with Crippen molar-refractivity contribution in [2.45, 2.75) is 32.4 Å². The number of ether oxygens (including phenoxy) is 1. The first-order valence-electron chi connectivity index (χ1n) is 10.1. The Labute approximate surface area is 172 Å². The second kappa shape index (κ2) is 10.1. The summed E-state index contributed by atoms with van der Waals surface area (Å²) in [5.74, 6) is 0.719. The first kappa shape index (κ1) is 20.9. The Morgan fingerprint density at radius 3 is 2.52 bits per heavy atom. The van der Waals surface area contributed by atoms with Crippen LogP contribution in [0.3, 0.4) is 0 Å². The highest BCUT2D eigenvalue weighted by molar-refractivity contribution is 5.92. The Kier molecular flexibility index (Phi) is 7.25. The van der Waals surface area contributed by atoms with Crippen molar-refractivity contribution < 1.29 is 9.53 Å². The lowest BCUT2D eigenvalue weighted by Gasteiger charge is -2.32. The number of aliphatic imine (C=N–C) groups is 1. The zero-order chi connectivity index (χ0) is 20.6. The number of guanidine groups is 1. The highest BCUT2D eigenvalue weighted by Crippen LogP contribution is 2.33. The fourth-order valence-electron chi connectivity index (χ4n) is 3.60. The van der Waals surface area contributed by atoms with Gasteiger partial charge in [-0.3, -0.25) is 9.79 Å². The Morgan fingerprint density at radius 1 is 1.14 bits per heavy atom. The summed E-state index contributed by atoms with van der Waals surface area (Å²) in [5, 5.41) is 6.75. The Balaban J connectivity index is 1.54. The summed E-state index contributed by atoms with van der Waals surface area (Å²) in [7, 11) is 1.76. The van der Waals surface area contributed by atoms with Gasteiger partial charge in [0.1, 0.15) is 0 Å². The van der Waals surface area contributed by atoms with Crippen LogP contribution in [0.4, 0.5) is 0 Å². The molecule has 1 amide bonds. The van der Waals surface area contributed by atoms with Crippen LogP contribution in [0, 0.1) is 12.8 Å². The molecule has 2 atom stereocenters. The van der Waals surface area contributed by atoms with E-state index in [4.69, 9.17) is 10.5 Å². The van der Waals surface area contributed by atoms with Crippen molar-refractivity contribution in [3.05, 3.63) is 70.8 Å². The molecule has 6 heteroatoms. The maximum absolute atomic E-state index is 11.2. The zero-order valence-electron chi connectivity index (χ0n) is 17.2. The van der Waals surface area contributed by atoms with E-state index in [1.807, 2.05) is 12.1 Å². The molecule has 0 aliphatic carbocycles. The van der Waals surface area contributed by atoms with Crippen molar-refractivity contribution >= 4 is 11.9 Å². The molecule has 1 saturated heterocycles. The van der Waals surface area contributed by atoms with E-state index < -0.39 is 5.91 Å². The molecule has 0 spiro atoms. The van der Waals surface area contributed by atoms with E-state index in [2.05, 4.69) is 46.8 Å². The van der Waals surface area contributed by atoms with E-state index in [1.165, 1.54) is 11.1 Å². The third-order valence-electron chi connectivity index (χ3n) is 5.30. The predicted molar refractivity (Wildman–Crippen MR) is 116 cm³/mol. The summed E-state index contributed by atoms with van der Waals surface area (Å²) in [6.07, 6.45) is 2.31. The lowest BCUT2D eigenvalue weighted by molar-refractivity contribution is -0.0265. The summed E-state index contributed by atoms with van der Waals surface area (Å²) in [6, 6.07) is 15.9. The maximum atomic E-state index is 11.2. The van der Waals surface area contributed by atoms with Gasteiger partial charge in [0.05, 0.1) is 6.10 Å². The van der Waals surface area contributed by atoms with Gasteiger partial charge in [0.2, 0.25) is 5.91 Å². The van der Waals surface area contributed by atoms with Gasteiger partial charge >= 0.3 is 0 Å². The second-order valence-electron chi connectivity index (χ2n) is 7.47. The summed E-state index contributed by atoms with van der Waals surface area (Å²) in [6.45, 7) is 4.31. The zero-order valence-corrected chi connectivity index (χ0v) is 17.2. The maximum Gasteiger partial charge on any atom is 0.248 e. The normalized spacial score (nSPS) is 19.6. The lowest BCUT2D eigenvalue weighted by Crippen LogP contribution is -2.41. The molecule has 1 fully saturated rings. The predicted octanol–water partition coefficient (Wildman–Crippen LogP) is 2.93. The second-order valence-corrected chi connectivity index (χ2v) is 7.47. The quantitative estimate of drug-likeness (QED) is 0.519. The van der Waals surface area contributed by atoms with Crippen LogP contribution in [0.15, 0.2) is 53.5 Å². The molecule has 3 rings (SSSR count). The van der Waals surface area contributed by atoms with Gasteiger partial charge in [-0.25, -0.2) is 0 Å². The molecule has 29 heavy (non-hydrogen) atoms. The van der Waals surface area contributed by atoms with Crippen LogP contribution < -0.4 is 16.4 Å². The van der Waals surface area contributed by atoms with E-state index in [0.29, 0.717) is 18.0 Å². The highest BCUT2D eigenvalue weighted by atomic mass is 16.5. The number of hydrogen-bond donors (Lipinski definition) is 3. The minimum atomic E-state index is -0.417. The average molecular weight is 395 g/mol. The number of primary amides is 1. The molecular formula is C23H30N4O2. The molecular weight excluding hydrogens is 364 g/mol. The van der Waals surface area contributed by atoms with Gasteiger partial charge < -0.3 is 21.1 Å². The van der Waals surface area contributed by atoms with Crippen LogP contribution in [0.2, 0.25) is 0 Å². The number of nitrogens with one attached hydrogen (secondary N) is 2. The van der Waals surface area contributed by atoms with Crippen LogP contribution in [0.1, 0.15) is 46.0 Å². The van der Waals surface area contributed by atoms with Gasteiger partial charge in [-0.05, 0) is 43.0 Å². The number of hydrogen-bond acceptors (Lipinski definition) is 3. The molecule has 154 valence electrons. The van der Waals surface area contributed by atoms with E-state index in [1.54, 1.807) is 19.2 Å². The van der Waals surface area contributed by atoms with Crippen molar-refractivity contribution in [3.63, 3.8) is 0 Å². The van der Waals surface area contributed by atoms with Crippen molar-refractivity contribution in [3.8, 4) is 0 Å². The van der Waals surface area contributed by atoms with Gasteiger partial charge in [-0.15, -0.1) is 0 Å². The van der Waals surface area contributed by atoms with Crippen LogP contribution in [0.25, 0.3) is 0 Å². The van der Waals surface area contributed by atoms with Gasteiger partial charge in [0.25, 0.3) is 0 Å². The number of rotatable bonds is 6. The van der Waals surface area contributed by atoms with Gasteiger partial charge in [-0.2, -0.15) is 0 Å². The fourth-order valence-corrected chi connectivity index (χ4v) is 3.60. The minimum absolute atomic E-state index is 0.108. The summed E-state index contributed by atoms with van der Waals surface area (Å²) < 4.78 is 6.10. The number of aryl methyl sites for hydroxylation is 1. The number of nitrogens with two attached hydrogens (primary N) is 1. The average Bonchev–Trinajstić information content (AvgIpc) is 2.75. The molecule has 6 nitrogen and oxygen atoms in total. The molecule has 1 aliphatic rings. The topological polar surface area (TPSA) is 88.7 Å². The van der Waals surface area contributed by atoms with Crippen molar-refractivity contribution in [1.29, 1.82) is 0 Å². The van der Waals surface area contributed by atoms with Gasteiger partial charge in [0, 0.05) is 38.2 Å². The Bertz CT molecular complexity index is 831. The highest BCUT2D eigenvalue weighted by Gasteiger charge is 2.27. The lowest BCUT2D eigenvalue weighted by atomic mass is 9.89. The smallest absolute Gasteiger partial charge is 0.248 e. The molecule has 0 bridgehead atoms. The minimum Gasteiger partial charge on any atom is -0.373 e. The summed E-state index contributed by atoms with van der Waals surface area (Å²) >= 11 is 0. The third-order valence-corrected chi connectivity index (χ3v) is 5.30. The monoisotopic (exact) mass is 394 g/mol. The van der Waals surface area contributed by atoms with Gasteiger partial charge in [-0.1, -0.05) is 42.0 Å². The van der Waals surface area contributed by atoms with Crippen molar-refractivity contribution in [1.82, 2.24) is 10.6 Å². The number of carbonyl (C=O) groups excluding carboxylic acids is 1. The number of carbonyl (C=O) groups is 1. The molecule has 0 radical (unpaired) electrons. The van der Waals surface area contributed by atoms with Crippen LogP contribution in [0.5, 0.6) is 0 Å². The first-order valence-corrected chi connectivity index (χ1v) is 10.1. The molecule has 0 saturated carbocycles. The van der Waals surface area contributed by atoms with Crippen LogP contribution in [-0.4, -0.2) is 32.1 Å². The largest absolute Gasteiger partial charge is 0.373 e. The molecule has 0 aromatic heterocycles. The summed E-state index contributed by atoms with van der Waals surface area (Å²) in [4.78, 5) is 15.5. The molecule has 1 aliphatic heterocycles. The van der Waals surface area contributed by atoms with E-state index in [-0.39, 0.29) is 6.10 Å². The number of amides is 1. The standard InChI is InChI=1S/C23H30N4O2/c1-16-5-9-18(10-6-16)21-20(4-3-13-29-21)15-27-23(25-2)26-14-17-7-11-19(12-8-17)22(24)28/h5-12,20-21H,3-4,13-15H2,1-2H3,(H2,24,28)(H2,25,26,27). The SMILES string of the molecule is CN=C(NCc1ccc(C(N)=O)cc1)NCC1CCCOC1c1ccc(C)cc1. The van der Waals surface area contributed by atoms with E-state index in [0.717, 1.165) is 37.5 Å². The fraction of sp³-hybridized carbons (Fsp3) is 0.391.